The molecule has 2 aromatic rings. The van der Waals surface area contributed by atoms with Crippen molar-refractivity contribution in [2.24, 2.45) is 5.73 Å². The molecule has 0 bridgehead atoms. The molecule has 0 radical (unpaired) electrons. The van der Waals surface area contributed by atoms with Gasteiger partial charge in [-0.15, -0.1) is 0 Å². The molecule has 2 aromatic carbocycles. The Morgan fingerprint density at radius 2 is 1.88 bits per heavy atom. The number of carbonyl (C=O) groups is 1. The second-order valence-electron chi connectivity index (χ2n) is 7.23. The molecule has 0 aliphatic carbocycles. The number of amides is 1. The quantitative estimate of drug-likeness (QED) is 0.238. The van der Waals surface area contributed by atoms with Gasteiger partial charge in [-0.3, -0.25) is 10.2 Å². The normalized spacial score (nSPS) is 16.9. The van der Waals surface area contributed by atoms with Gasteiger partial charge in [0.05, 0.1) is 11.7 Å². The van der Waals surface area contributed by atoms with E-state index in [2.05, 4.69) is 5.32 Å². The van der Waals surface area contributed by atoms with Gasteiger partial charge in [-0.05, 0) is 37.1 Å². The molecule has 2 atom stereocenters. The van der Waals surface area contributed by atoms with Gasteiger partial charge in [0.25, 0.3) is 0 Å². The van der Waals surface area contributed by atoms with Crippen molar-refractivity contribution < 1.29 is 18.3 Å². The number of hydrogen-bond donors (Lipinski definition) is 3. The number of fused-ring (bicyclic) bond motifs is 1. The van der Waals surface area contributed by atoms with E-state index in [1.54, 1.807) is 6.07 Å². The number of rotatable bonds is 7. The lowest BCUT2D eigenvalue weighted by molar-refractivity contribution is -0.122. The Labute approximate surface area is 206 Å². The largest absolute Gasteiger partial charge is 0.493 e. The lowest BCUT2D eigenvalue weighted by Gasteiger charge is -2.39. The first-order valence-corrected chi connectivity index (χ1v) is 12.7. The Hall–Kier alpha value is -2.45. The number of carbonyl (C=O) groups excluding carboxylic acids is 1. The number of hydrogen-bond acceptors (Lipinski definition) is 5. The average molecular weight is 494 g/mol. The second-order valence-corrected chi connectivity index (χ2v) is 8.54. The van der Waals surface area contributed by atoms with Crippen LogP contribution in [0.1, 0.15) is 71.4 Å². The third-order valence-corrected chi connectivity index (χ3v) is 6.39. The lowest BCUT2D eigenvalue weighted by atomic mass is 9.99. The summed E-state index contributed by atoms with van der Waals surface area (Å²) in [6.45, 7) is 10.3. The van der Waals surface area contributed by atoms with Crippen molar-refractivity contribution in [3.05, 3.63) is 65.2 Å². The zero-order valence-corrected chi connectivity index (χ0v) is 21.5. The highest BCUT2D eigenvalue weighted by atomic mass is 32.2. The van der Waals surface area contributed by atoms with Crippen molar-refractivity contribution in [3.8, 4) is 5.75 Å². The van der Waals surface area contributed by atoms with E-state index in [0.29, 0.717) is 30.8 Å². The van der Waals surface area contributed by atoms with Crippen LogP contribution < -0.4 is 15.8 Å². The summed E-state index contributed by atoms with van der Waals surface area (Å²) in [5.41, 5.74) is 6.48. The van der Waals surface area contributed by atoms with E-state index in [1.165, 1.54) is 0 Å². The van der Waals surface area contributed by atoms with Crippen LogP contribution in [-0.2, 0) is 9.67 Å². The Kier molecular flexibility index (Phi) is 12.8. The summed E-state index contributed by atoms with van der Waals surface area (Å²) in [7, 11) is 0. The van der Waals surface area contributed by atoms with Gasteiger partial charge in [-0.2, -0.15) is 0 Å². The first-order valence-electron chi connectivity index (χ1n) is 11.9. The topological polar surface area (TPSA) is 88.2 Å². The molecular weight excluding hydrogens is 456 g/mol. The van der Waals surface area contributed by atoms with E-state index in [0.717, 1.165) is 36.4 Å². The van der Waals surface area contributed by atoms with Gasteiger partial charge in [0, 0.05) is 30.0 Å². The maximum Gasteiger partial charge on any atom is 0.221 e. The molecule has 3 rings (SSSR count). The van der Waals surface area contributed by atoms with Crippen molar-refractivity contribution in [1.29, 1.82) is 5.41 Å². The van der Waals surface area contributed by atoms with Crippen molar-refractivity contribution in [2.45, 2.75) is 71.2 Å². The van der Waals surface area contributed by atoms with Crippen LogP contribution in [0.4, 0.5) is 8.78 Å². The first kappa shape index (κ1) is 29.6. The van der Waals surface area contributed by atoms with Gasteiger partial charge >= 0.3 is 0 Å². The Morgan fingerprint density at radius 1 is 1.21 bits per heavy atom. The van der Waals surface area contributed by atoms with Crippen molar-refractivity contribution in [1.82, 2.24) is 5.32 Å². The lowest BCUT2D eigenvalue weighted by Crippen LogP contribution is -2.47. The van der Waals surface area contributed by atoms with E-state index in [1.807, 2.05) is 52.8 Å². The smallest absolute Gasteiger partial charge is 0.221 e. The average Bonchev–Trinajstić information content (AvgIpc) is 2.86. The third kappa shape index (κ3) is 7.81. The van der Waals surface area contributed by atoms with Crippen molar-refractivity contribution in [3.63, 3.8) is 0 Å². The number of nitrogens with one attached hydrogen (secondary N) is 2. The predicted octanol–water partition coefficient (Wildman–Crippen LogP) is 6.34. The van der Waals surface area contributed by atoms with E-state index >= 15 is 0 Å². The number of nitrogens with two attached hydrogens (primary N) is 1. The Morgan fingerprint density at radius 3 is 2.56 bits per heavy atom. The van der Waals surface area contributed by atoms with Gasteiger partial charge in [0.2, 0.25) is 5.91 Å². The minimum atomic E-state index is -1.03. The van der Waals surface area contributed by atoms with E-state index in [9.17, 15) is 13.6 Å². The summed E-state index contributed by atoms with van der Waals surface area (Å²) >= 11 is 0.988. The summed E-state index contributed by atoms with van der Waals surface area (Å²) in [5, 5.41) is 11.3. The highest BCUT2D eigenvalue weighted by molar-refractivity contribution is 8.15. The minimum absolute atomic E-state index is 0.0685. The number of halogens is 2. The molecule has 0 aromatic heterocycles. The van der Waals surface area contributed by atoms with Gasteiger partial charge in [-0.1, -0.05) is 64.6 Å². The van der Waals surface area contributed by atoms with E-state index in [-0.39, 0.29) is 29.0 Å². The number of para-hydroxylation sites is 1. The molecule has 5 nitrogen and oxygen atoms in total. The third-order valence-electron chi connectivity index (χ3n) is 5.09. The molecule has 0 saturated carbocycles. The second kappa shape index (κ2) is 14.7. The zero-order valence-electron chi connectivity index (χ0n) is 20.7. The molecule has 0 spiro atoms. The maximum absolute atomic E-state index is 14.3. The molecule has 1 heterocycles. The Balaban J connectivity index is 0.00000137. The summed E-state index contributed by atoms with van der Waals surface area (Å²) < 4.78 is 33.6. The maximum atomic E-state index is 14.3. The first-order chi connectivity index (χ1) is 16.3. The molecule has 1 amide bonds. The van der Waals surface area contributed by atoms with Crippen molar-refractivity contribution >= 4 is 22.7 Å². The fraction of sp³-hybridized carbons (Fsp3) is 0.462. The summed E-state index contributed by atoms with van der Waals surface area (Å²) in [6, 6.07) is 10.2. The van der Waals surface area contributed by atoms with Crippen LogP contribution in [0.3, 0.4) is 0 Å². The van der Waals surface area contributed by atoms with E-state index in [4.69, 9.17) is 15.9 Å². The molecule has 2 unspecified atom stereocenters. The van der Waals surface area contributed by atoms with Crippen LogP contribution in [-0.4, -0.2) is 23.6 Å². The fourth-order valence-corrected chi connectivity index (χ4v) is 4.58. The van der Waals surface area contributed by atoms with E-state index < -0.39 is 16.5 Å². The summed E-state index contributed by atoms with van der Waals surface area (Å²) in [4.78, 5) is 11.7. The van der Waals surface area contributed by atoms with Crippen LogP contribution in [0.5, 0.6) is 5.75 Å². The number of ether oxygens (including phenoxy) is 1. The monoisotopic (exact) mass is 493 g/mol. The molecular formula is C26H37F2N3O2S. The van der Waals surface area contributed by atoms with Crippen LogP contribution in [0.25, 0.3) is 0 Å². The van der Waals surface area contributed by atoms with Gasteiger partial charge in [-0.25, -0.2) is 8.78 Å². The predicted molar refractivity (Wildman–Crippen MR) is 137 cm³/mol. The fourth-order valence-electron chi connectivity index (χ4n) is 3.34. The zero-order chi connectivity index (χ0) is 25.7. The van der Waals surface area contributed by atoms with Gasteiger partial charge < -0.3 is 15.8 Å². The molecule has 1 aliphatic heterocycles. The molecule has 1 aliphatic rings. The van der Waals surface area contributed by atoms with Gasteiger partial charge in [0.1, 0.15) is 22.3 Å². The van der Waals surface area contributed by atoms with Crippen LogP contribution >= 0.6 is 11.8 Å². The number of benzene rings is 2. The summed E-state index contributed by atoms with van der Waals surface area (Å²) in [6.07, 6.45) is 1.92. The SMILES string of the molecule is CC.CC.CCC(N)CCC(=O)NC1(SC(=N)c2cc(F)ccc2F)CCOc2ccccc21. The highest BCUT2D eigenvalue weighted by Gasteiger charge is 2.41. The molecule has 0 saturated heterocycles. The van der Waals surface area contributed by atoms with Gasteiger partial charge in [0.15, 0.2) is 0 Å². The Bertz CT molecular complexity index is 942. The van der Waals surface area contributed by atoms with Crippen LogP contribution in [0.2, 0.25) is 0 Å². The summed E-state index contributed by atoms with van der Waals surface area (Å²) in [5.74, 6) is -0.939. The minimum Gasteiger partial charge on any atom is -0.493 e. The molecule has 4 N–H and O–H groups in total. The molecule has 0 fully saturated rings. The molecule has 188 valence electrons. The van der Waals surface area contributed by atoms with Crippen LogP contribution in [0.15, 0.2) is 42.5 Å². The standard InChI is InChI=1S/C22H25F2N3O2S.2C2H6/c1-2-15(25)8-10-20(28)27-22(11-12-29-19-6-4-3-5-17(19)22)30-21(26)16-13-14(23)7-9-18(16)24;2*1-2/h3-7,9,13,15,26H,2,8,10-12,25H2,1H3,(H,27,28);2*1-2H3. The number of thioether (sulfide) groups is 1. The molecule has 34 heavy (non-hydrogen) atoms. The highest BCUT2D eigenvalue weighted by Crippen LogP contribution is 2.46. The molecule has 8 heteroatoms. The van der Waals surface area contributed by atoms with Crippen molar-refractivity contribution in [2.75, 3.05) is 6.61 Å². The van der Waals surface area contributed by atoms with Crippen LogP contribution in [0, 0.1) is 17.0 Å².